The fourth-order valence-electron chi connectivity index (χ4n) is 2.29. The number of nitrogens with zero attached hydrogens (tertiary/aromatic N) is 2. The van der Waals surface area contributed by atoms with Crippen LogP contribution in [0, 0.1) is 6.92 Å². The summed E-state index contributed by atoms with van der Waals surface area (Å²) in [4.78, 5) is 24.2. The van der Waals surface area contributed by atoms with Gasteiger partial charge in [0.2, 0.25) is 0 Å². The van der Waals surface area contributed by atoms with Crippen molar-refractivity contribution >= 4 is 18.6 Å². The lowest BCUT2D eigenvalue weighted by atomic mass is 10.1. The Hall–Kier alpha value is -0.860. The summed E-state index contributed by atoms with van der Waals surface area (Å²) in [6, 6.07) is 0.174. The van der Waals surface area contributed by atoms with Gasteiger partial charge in [0, 0.05) is 18.2 Å². The molecule has 4 atom stereocenters. The lowest BCUT2D eigenvalue weighted by Gasteiger charge is -2.23. The molecule has 1 aromatic heterocycles. The third kappa shape index (κ3) is 2.64. The molecule has 1 aromatic rings. The van der Waals surface area contributed by atoms with Gasteiger partial charge < -0.3 is 18.9 Å². The van der Waals surface area contributed by atoms with Crippen molar-refractivity contribution in [2.75, 3.05) is 6.61 Å². The maximum atomic E-state index is 12.9. The van der Waals surface area contributed by atoms with Crippen molar-refractivity contribution in [3.05, 3.63) is 22.1 Å². The van der Waals surface area contributed by atoms with Gasteiger partial charge in [-0.2, -0.15) is 9.18 Å². The number of fused-ring (bicyclic) bond motifs is 4. The highest BCUT2D eigenvalue weighted by Crippen LogP contribution is 2.45. The Kier molecular flexibility index (Phi) is 3.42. The van der Waals surface area contributed by atoms with E-state index in [9.17, 15) is 8.99 Å². The first-order chi connectivity index (χ1) is 9.33. The molecular weight excluding hydrogens is 310 g/mol. The average Bonchev–Trinajstić information content (AvgIpc) is 2.67. The molecule has 7 nitrogen and oxygen atoms in total. The molecular formula is C10H12FN2O5PS. The standard InChI is InChI=1S/C10H12FN2O5PS/c1-5-3-13-8-2-6(18-10(13)12-9(5)14)7(17-8)4-16-19(11,15)20/h3,6-8H,2,4H2,1H3,(H,15,20)/t6-,7-,8-,19?/m1/s1. The van der Waals surface area contributed by atoms with Gasteiger partial charge in [-0.05, 0) is 18.7 Å². The Bertz CT molecular complexity index is 647. The third-order valence-electron chi connectivity index (χ3n) is 3.23. The SMILES string of the molecule is Cc1cn2c(nc1=O)O[C@@H]1C[C@H]2O[C@@H]1COP(O)(F)=S. The first kappa shape index (κ1) is 14.1. The zero-order valence-corrected chi connectivity index (χ0v) is 12.1. The molecule has 20 heavy (non-hydrogen) atoms. The van der Waals surface area contributed by atoms with Crippen molar-refractivity contribution in [3.8, 4) is 6.01 Å². The minimum Gasteiger partial charge on any atom is -0.458 e. The zero-order chi connectivity index (χ0) is 14.5. The Morgan fingerprint density at radius 2 is 2.50 bits per heavy atom. The number of hydrogen-bond donors (Lipinski definition) is 1. The highest BCUT2D eigenvalue weighted by atomic mass is 32.5. The fourth-order valence-corrected chi connectivity index (χ4v) is 2.80. The Balaban J connectivity index is 1.80. The summed E-state index contributed by atoms with van der Waals surface area (Å²) in [7, 11) is 0. The van der Waals surface area contributed by atoms with Crippen LogP contribution >= 0.6 is 6.80 Å². The fraction of sp³-hybridized carbons (Fsp3) is 0.600. The number of aryl methyl sites for hydroxylation is 1. The number of aromatic nitrogens is 2. The van der Waals surface area contributed by atoms with Gasteiger partial charge in [-0.15, -0.1) is 0 Å². The summed E-state index contributed by atoms with van der Waals surface area (Å²) in [6.45, 7) is -2.78. The molecule has 0 spiro atoms. The van der Waals surface area contributed by atoms with Gasteiger partial charge in [0.1, 0.15) is 18.4 Å². The van der Waals surface area contributed by atoms with Crippen molar-refractivity contribution in [1.29, 1.82) is 0 Å². The van der Waals surface area contributed by atoms with Crippen LogP contribution in [0.25, 0.3) is 0 Å². The van der Waals surface area contributed by atoms with Crippen molar-refractivity contribution in [2.24, 2.45) is 0 Å². The monoisotopic (exact) mass is 322 g/mol. The summed E-state index contributed by atoms with van der Waals surface area (Å²) >= 11 is 4.17. The second-order valence-corrected chi connectivity index (χ2v) is 7.20. The average molecular weight is 322 g/mol. The largest absolute Gasteiger partial charge is 0.458 e. The maximum Gasteiger partial charge on any atom is 0.363 e. The molecule has 2 aliphatic rings. The number of ether oxygens (including phenoxy) is 2. The summed E-state index contributed by atoms with van der Waals surface area (Å²) in [5, 5.41) is 0. The van der Waals surface area contributed by atoms with Gasteiger partial charge in [-0.1, -0.05) is 0 Å². The van der Waals surface area contributed by atoms with E-state index in [2.05, 4.69) is 21.3 Å². The van der Waals surface area contributed by atoms with Crippen LogP contribution in [-0.2, 0) is 21.1 Å². The van der Waals surface area contributed by atoms with Gasteiger partial charge in [0.25, 0.3) is 5.56 Å². The van der Waals surface area contributed by atoms with Crippen LogP contribution < -0.4 is 10.3 Å². The van der Waals surface area contributed by atoms with Crippen LogP contribution in [0.2, 0.25) is 0 Å². The smallest absolute Gasteiger partial charge is 0.363 e. The van der Waals surface area contributed by atoms with E-state index in [1.807, 2.05) is 0 Å². The highest BCUT2D eigenvalue weighted by Gasteiger charge is 2.43. The predicted octanol–water partition coefficient (Wildman–Crippen LogP) is 0.803. The van der Waals surface area contributed by atoms with E-state index in [1.54, 1.807) is 17.7 Å². The van der Waals surface area contributed by atoms with Crippen LogP contribution in [0.15, 0.2) is 11.0 Å². The summed E-state index contributed by atoms with van der Waals surface area (Å²) in [5.74, 6) is 0. The highest BCUT2D eigenvalue weighted by molar-refractivity contribution is 8.06. The molecule has 3 heterocycles. The van der Waals surface area contributed by atoms with Gasteiger partial charge in [-0.25, -0.2) is 0 Å². The normalized spacial score (nSPS) is 30.4. The molecule has 1 unspecified atom stereocenters. The molecule has 2 bridgehead atoms. The first-order valence-electron chi connectivity index (χ1n) is 5.92. The molecule has 0 amide bonds. The van der Waals surface area contributed by atoms with E-state index in [0.29, 0.717) is 12.0 Å². The molecule has 2 aliphatic heterocycles. The lowest BCUT2D eigenvalue weighted by Crippen LogP contribution is -2.33. The molecule has 0 aliphatic carbocycles. The van der Waals surface area contributed by atoms with Crippen LogP contribution in [-0.4, -0.2) is 33.3 Å². The zero-order valence-electron chi connectivity index (χ0n) is 10.4. The summed E-state index contributed by atoms with van der Waals surface area (Å²) in [5.41, 5.74) is 0.119. The van der Waals surface area contributed by atoms with E-state index in [0.717, 1.165) is 0 Å². The minimum atomic E-state index is -4.22. The van der Waals surface area contributed by atoms with Gasteiger partial charge in [0.05, 0.1) is 6.61 Å². The lowest BCUT2D eigenvalue weighted by molar-refractivity contribution is -0.0205. The van der Waals surface area contributed by atoms with Crippen LogP contribution in [0.1, 0.15) is 18.2 Å². The molecule has 3 rings (SSSR count). The number of hydrogen-bond acceptors (Lipinski definition) is 6. The second-order valence-electron chi connectivity index (χ2n) is 4.69. The molecule has 1 N–H and O–H groups in total. The molecule has 10 heteroatoms. The molecule has 1 saturated heterocycles. The molecule has 1 fully saturated rings. The van der Waals surface area contributed by atoms with Crippen LogP contribution in [0.3, 0.4) is 0 Å². The van der Waals surface area contributed by atoms with E-state index < -0.39 is 19.0 Å². The van der Waals surface area contributed by atoms with Gasteiger partial charge in [0.15, 0.2) is 0 Å². The van der Waals surface area contributed by atoms with E-state index in [-0.39, 0.29) is 24.4 Å². The minimum absolute atomic E-state index is 0.174. The Morgan fingerprint density at radius 1 is 1.75 bits per heavy atom. The predicted molar refractivity (Wildman–Crippen MR) is 69.7 cm³/mol. The second kappa shape index (κ2) is 4.85. The summed E-state index contributed by atoms with van der Waals surface area (Å²) in [6.07, 6.45) is 0.824. The molecule has 0 radical (unpaired) electrons. The van der Waals surface area contributed by atoms with Crippen LogP contribution in [0.4, 0.5) is 4.20 Å². The van der Waals surface area contributed by atoms with Gasteiger partial charge >= 0.3 is 12.8 Å². The van der Waals surface area contributed by atoms with Crippen molar-refractivity contribution in [3.63, 3.8) is 0 Å². The first-order valence-corrected chi connectivity index (χ1v) is 8.49. The summed E-state index contributed by atoms with van der Waals surface area (Å²) < 4.78 is 30.3. The van der Waals surface area contributed by atoms with E-state index >= 15 is 0 Å². The molecule has 0 aromatic carbocycles. The van der Waals surface area contributed by atoms with Crippen molar-refractivity contribution < 1.29 is 23.1 Å². The van der Waals surface area contributed by atoms with E-state index in [1.165, 1.54) is 0 Å². The van der Waals surface area contributed by atoms with Crippen LogP contribution in [0.5, 0.6) is 6.01 Å². The number of rotatable bonds is 3. The molecule has 110 valence electrons. The molecule has 0 saturated carbocycles. The Morgan fingerprint density at radius 3 is 3.20 bits per heavy atom. The van der Waals surface area contributed by atoms with E-state index in [4.69, 9.17) is 14.4 Å². The topological polar surface area (TPSA) is 82.8 Å². The third-order valence-corrected chi connectivity index (χ3v) is 4.02. The van der Waals surface area contributed by atoms with Crippen molar-refractivity contribution in [2.45, 2.75) is 31.8 Å². The van der Waals surface area contributed by atoms with Crippen molar-refractivity contribution in [1.82, 2.24) is 9.55 Å². The van der Waals surface area contributed by atoms with Gasteiger partial charge in [-0.3, -0.25) is 9.36 Å². The Labute approximate surface area is 118 Å². The number of halogens is 1. The maximum absolute atomic E-state index is 12.9. The quantitative estimate of drug-likeness (QED) is 0.824.